The van der Waals surface area contributed by atoms with Gasteiger partial charge in [0.05, 0.1) is 5.69 Å². The number of hydrogen-bond donors (Lipinski definition) is 3. The fourth-order valence-corrected chi connectivity index (χ4v) is 5.84. The van der Waals surface area contributed by atoms with Gasteiger partial charge < -0.3 is 15.3 Å². The van der Waals surface area contributed by atoms with Gasteiger partial charge in [-0.3, -0.25) is 0 Å². The molecule has 0 radical (unpaired) electrons. The van der Waals surface area contributed by atoms with E-state index in [-0.39, 0.29) is 11.7 Å². The highest BCUT2D eigenvalue weighted by atomic mass is 32.1. The molecule has 0 spiro atoms. The molecule has 0 fully saturated rings. The second kappa shape index (κ2) is 9.28. The van der Waals surface area contributed by atoms with Crippen LogP contribution >= 0.6 is 11.3 Å². The summed E-state index contributed by atoms with van der Waals surface area (Å²) in [7, 11) is 0. The lowest BCUT2D eigenvalue weighted by molar-refractivity contribution is 0.632. The molecule has 0 unspecified atom stereocenters. The van der Waals surface area contributed by atoms with Crippen LogP contribution in [0.15, 0.2) is 109 Å². The van der Waals surface area contributed by atoms with Crippen molar-refractivity contribution in [3.63, 3.8) is 0 Å². The molecule has 0 atom stereocenters. The summed E-state index contributed by atoms with van der Waals surface area (Å²) in [5, 5.41) is 15.3. The van der Waals surface area contributed by atoms with Crippen LogP contribution in [-0.2, 0) is 0 Å². The molecule has 184 valence electrons. The topological polar surface area (TPSA) is 69.4 Å². The van der Waals surface area contributed by atoms with E-state index in [1.807, 2.05) is 0 Å². The number of fused-ring (bicyclic) bond motifs is 2. The van der Waals surface area contributed by atoms with Crippen LogP contribution in [-0.4, -0.2) is 20.2 Å². The highest BCUT2D eigenvalue weighted by Crippen LogP contribution is 2.40. The predicted octanol–water partition coefficient (Wildman–Crippen LogP) is 8.23. The molecule has 4 aromatic carbocycles. The molecule has 3 aromatic heterocycles. The fourth-order valence-electron chi connectivity index (χ4n) is 5.08. The van der Waals surface area contributed by atoms with Crippen molar-refractivity contribution in [1.82, 2.24) is 20.2 Å². The van der Waals surface area contributed by atoms with Crippen LogP contribution in [0.4, 0.5) is 15.2 Å². The molecule has 0 aliphatic rings. The highest BCUT2D eigenvalue weighted by Gasteiger charge is 2.23. The van der Waals surface area contributed by atoms with Crippen molar-refractivity contribution in [2.75, 3.05) is 5.32 Å². The summed E-state index contributed by atoms with van der Waals surface area (Å²) in [6.07, 6.45) is 4.24. The Bertz CT molecular complexity index is 1810. The Kier molecular flexibility index (Phi) is 5.48. The summed E-state index contributed by atoms with van der Waals surface area (Å²) in [6.45, 7) is 0. The first-order chi connectivity index (χ1) is 18.7. The fraction of sp³-hybridized carbons (Fsp3) is 0.0323. The SMILES string of the molecule is Fc1ccccc1Nc1nnc(-c2ccc(C(c3c[nH]c4ccccc34)c3c[nH]c4ccccc34)cc2)s1. The summed E-state index contributed by atoms with van der Waals surface area (Å²) >= 11 is 1.39. The van der Waals surface area contributed by atoms with E-state index in [1.54, 1.807) is 18.2 Å². The van der Waals surface area contributed by atoms with Crippen LogP contribution in [0.5, 0.6) is 0 Å². The summed E-state index contributed by atoms with van der Waals surface area (Å²) in [4.78, 5) is 6.90. The lowest BCUT2D eigenvalue weighted by atomic mass is 9.84. The number of para-hydroxylation sites is 3. The largest absolute Gasteiger partial charge is 0.361 e. The number of aromatic amines is 2. The number of hydrogen-bond acceptors (Lipinski definition) is 4. The Morgan fingerprint density at radius 1 is 0.684 bits per heavy atom. The Labute approximate surface area is 222 Å². The third-order valence-corrected chi connectivity index (χ3v) is 7.78. The van der Waals surface area contributed by atoms with Gasteiger partial charge in [-0.1, -0.05) is 84.1 Å². The number of aromatic nitrogens is 4. The van der Waals surface area contributed by atoms with E-state index in [0.29, 0.717) is 10.8 Å². The molecule has 0 aliphatic heterocycles. The maximum absolute atomic E-state index is 14.0. The molecule has 0 amide bonds. The van der Waals surface area contributed by atoms with Gasteiger partial charge in [-0.15, -0.1) is 10.2 Å². The highest BCUT2D eigenvalue weighted by molar-refractivity contribution is 7.18. The average Bonchev–Trinajstić information content (AvgIpc) is 3.70. The molecule has 3 N–H and O–H groups in total. The molecule has 7 heteroatoms. The van der Waals surface area contributed by atoms with Crippen molar-refractivity contribution in [3.8, 4) is 10.6 Å². The van der Waals surface area contributed by atoms with Crippen molar-refractivity contribution in [2.24, 2.45) is 0 Å². The first-order valence-corrected chi connectivity index (χ1v) is 13.1. The minimum absolute atomic E-state index is 0.0315. The molecule has 0 bridgehead atoms. The molecule has 38 heavy (non-hydrogen) atoms. The summed E-state index contributed by atoms with van der Waals surface area (Å²) in [5.41, 5.74) is 7.21. The third-order valence-electron chi connectivity index (χ3n) is 6.90. The van der Waals surface area contributed by atoms with Crippen molar-refractivity contribution in [1.29, 1.82) is 0 Å². The van der Waals surface area contributed by atoms with E-state index in [0.717, 1.165) is 21.6 Å². The van der Waals surface area contributed by atoms with Crippen LogP contribution in [0.3, 0.4) is 0 Å². The molecule has 7 aromatic rings. The Morgan fingerprint density at radius 3 is 1.95 bits per heavy atom. The van der Waals surface area contributed by atoms with Crippen molar-refractivity contribution < 1.29 is 4.39 Å². The molecule has 0 saturated carbocycles. The first-order valence-electron chi connectivity index (χ1n) is 12.3. The van der Waals surface area contributed by atoms with Gasteiger partial charge in [0.15, 0.2) is 0 Å². The van der Waals surface area contributed by atoms with Gasteiger partial charge in [-0.05, 0) is 41.0 Å². The summed E-state index contributed by atoms with van der Waals surface area (Å²) in [6, 6.07) is 31.8. The smallest absolute Gasteiger partial charge is 0.210 e. The second-order valence-electron chi connectivity index (χ2n) is 9.15. The number of benzene rings is 4. The van der Waals surface area contributed by atoms with Gasteiger partial charge in [-0.25, -0.2) is 4.39 Å². The van der Waals surface area contributed by atoms with Crippen LogP contribution in [0, 0.1) is 5.82 Å². The van der Waals surface area contributed by atoms with Gasteiger partial charge in [-0.2, -0.15) is 0 Å². The Morgan fingerprint density at radius 2 is 1.29 bits per heavy atom. The minimum atomic E-state index is -0.325. The van der Waals surface area contributed by atoms with E-state index in [4.69, 9.17) is 0 Å². The standard InChI is InChI=1S/C31H22FN5S/c32-25-9-3-6-12-28(25)35-31-37-36-30(38-31)20-15-13-19(14-16-20)29(23-17-33-26-10-4-1-7-21(23)26)24-18-34-27-11-5-2-8-22(24)27/h1-18,29,33-34H,(H,35,37). The minimum Gasteiger partial charge on any atom is -0.361 e. The molecule has 0 aliphatic carbocycles. The van der Waals surface area contributed by atoms with E-state index >= 15 is 0 Å². The van der Waals surface area contributed by atoms with Gasteiger partial charge >= 0.3 is 0 Å². The molecule has 7 rings (SSSR count). The molecular weight excluding hydrogens is 493 g/mol. The van der Waals surface area contributed by atoms with Crippen molar-refractivity contribution >= 4 is 44.0 Å². The molecule has 3 heterocycles. The Hall–Kier alpha value is -4.75. The van der Waals surface area contributed by atoms with Gasteiger partial charge in [0.25, 0.3) is 0 Å². The van der Waals surface area contributed by atoms with Gasteiger partial charge in [0, 0.05) is 45.7 Å². The van der Waals surface area contributed by atoms with E-state index < -0.39 is 0 Å². The van der Waals surface area contributed by atoms with Gasteiger partial charge in [0.1, 0.15) is 10.8 Å². The van der Waals surface area contributed by atoms with Crippen LogP contribution in [0.25, 0.3) is 32.4 Å². The lowest BCUT2D eigenvalue weighted by Gasteiger charge is -2.18. The zero-order valence-corrected chi connectivity index (χ0v) is 21.0. The van der Waals surface area contributed by atoms with Crippen LogP contribution in [0.2, 0.25) is 0 Å². The molecule has 5 nitrogen and oxygen atoms in total. The number of rotatable bonds is 6. The zero-order valence-electron chi connectivity index (χ0n) is 20.2. The zero-order chi connectivity index (χ0) is 25.5. The van der Waals surface area contributed by atoms with E-state index in [1.165, 1.54) is 44.9 Å². The maximum atomic E-state index is 14.0. The normalized spacial score (nSPS) is 11.5. The number of nitrogens with one attached hydrogen (secondary N) is 3. The Balaban J connectivity index is 1.27. The molecular formula is C31H22FN5S. The number of halogens is 1. The number of anilines is 2. The second-order valence-corrected chi connectivity index (χ2v) is 10.1. The van der Waals surface area contributed by atoms with Crippen molar-refractivity contribution in [3.05, 3.63) is 132 Å². The van der Waals surface area contributed by atoms with E-state index in [2.05, 4.69) is 111 Å². The van der Waals surface area contributed by atoms with Crippen molar-refractivity contribution in [2.45, 2.75) is 5.92 Å². The lowest BCUT2D eigenvalue weighted by Crippen LogP contribution is -2.02. The molecule has 0 saturated heterocycles. The average molecular weight is 516 g/mol. The third kappa shape index (κ3) is 3.93. The first kappa shape index (κ1) is 22.4. The predicted molar refractivity (Wildman–Crippen MR) is 153 cm³/mol. The summed E-state index contributed by atoms with van der Waals surface area (Å²) in [5.74, 6) is -0.293. The quantitative estimate of drug-likeness (QED) is 0.209. The van der Waals surface area contributed by atoms with Gasteiger partial charge in [0.2, 0.25) is 5.13 Å². The monoisotopic (exact) mass is 515 g/mol. The van der Waals surface area contributed by atoms with Crippen LogP contribution < -0.4 is 5.32 Å². The maximum Gasteiger partial charge on any atom is 0.210 e. The van der Waals surface area contributed by atoms with Crippen LogP contribution in [0.1, 0.15) is 22.6 Å². The summed E-state index contributed by atoms with van der Waals surface area (Å²) < 4.78 is 14.0. The number of nitrogens with zero attached hydrogens (tertiary/aromatic N) is 2. The number of H-pyrrole nitrogens is 2. The van der Waals surface area contributed by atoms with E-state index in [9.17, 15) is 4.39 Å².